The van der Waals surface area contributed by atoms with Gasteiger partial charge in [-0.3, -0.25) is 0 Å². The van der Waals surface area contributed by atoms with Gasteiger partial charge in [0.05, 0.1) is 0 Å². The van der Waals surface area contributed by atoms with E-state index in [-0.39, 0.29) is 0 Å². The van der Waals surface area contributed by atoms with Crippen molar-refractivity contribution in [3.05, 3.63) is 35.4 Å². The summed E-state index contributed by atoms with van der Waals surface area (Å²) in [6, 6.07) is 4.33. The SMILES string of the molecule is NC1(c2cccc(C(F)(F)C(F)(F)F)c2)CCC1. The van der Waals surface area contributed by atoms with Crippen molar-refractivity contribution >= 4 is 0 Å². The van der Waals surface area contributed by atoms with Crippen molar-refractivity contribution in [2.45, 2.75) is 36.9 Å². The lowest BCUT2D eigenvalue weighted by atomic mass is 9.72. The molecule has 1 fully saturated rings. The van der Waals surface area contributed by atoms with Crippen LogP contribution in [0.4, 0.5) is 22.0 Å². The first-order chi connectivity index (χ1) is 8.17. The van der Waals surface area contributed by atoms with E-state index in [1.165, 1.54) is 12.1 Å². The maximum absolute atomic E-state index is 13.2. The molecule has 100 valence electrons. The number of alkyl halides is 5. The predicted octanol–water partition coefficient (Wildman–Crippen LogP) is 3.68. The predicted molar refractivity (Wildman–Crippen MR) is 56.1 cm³/mol. The molecule has 0 amide bonds. The molecule has 6 heteroatoms. The average Bonchev–Trinajstić information content (AvgIpc) is 2.24. The monoisotopic (exact) mass is 265 g/mol. The van der Waals surface area contributed by atoms with E-state index in [2.05, 4.69) is 0 Å². The van der Waals surface area contributed by atoms with Gasteiger partial charge in [0, 0.05) is 11.1 Å². The Morgan fingerprint density at radius 1 is 1.06 bits per heavy atom. The molecule has 0 heterocycles. The topological polar surface area (TPSA) is 26.0 Å². The van der Waals surface area contributed by atoms with Gasteiger partial charge in [-0.05, 0) is 30.9 Å². The Hall–Kier alpha value is -1.17. The Balaban J connectivity index is 2.39. The molecular weight excluding hydrogens is 253 g/mol. The van der Waals surface area contributed by atoms with Gasteiger partial charge in [0.15, 0.2) is 0 Å². The van der Waals surface area contributed by atoms with Crippen LogP contribution in [0.25, 0.3) is 0 Å². The number of nitrogens with two attached hydrogens (primary N) is 1. The Morgan fingerprint density at radius 3 is 2.11 bits per heavy atom. The fourth-order valence-corrected chi connectivity index (χ4v) is 2.03. The first-order valence-electron chi connectivity index (χ1n) is 5.51. The number of hydrogen-bond donors (Lipinski definition) is 1. The smallest absolute Gasteiger partial charge is 0.321 e. The third-order valence-electron chi connectivity index (χ3n) is 3.40. The first kappa shape index (κ1) is 13.3. The van der Waals surface area contributed by atoms with Crippen LogP contribution in [-0.2, 0) is 11.5 Å². The van der Waals surface area contributed by atoms with Crippen LogP contribution in [0, 0.1) is 0 Å². The lowest BCUT2D eigenvalue weighted by molar-refractivity contribution is -0.289. The van der Waals surface area contributed by atoms with Crippen LogP contribution < -0.4 is 5.73 Å². The van der Waals surface area contributed by atoms with E-state index in [9.17, 15) is 22.0 Å². The largest absolute Gasteiger partial charge is 0.458 e. The van der Waals surface area contributed by atoms with Crippen molar-refractivity contribution in [2.75, 3.05) is 0 Å². The van der Waals surface area contributed by atoms with Gasteiger partial charge in [0.25, 0.3) is 0 Å². The molecule has 1 aliphatic rings. The normalized spacial score (nSPS) is 19.4. The highest BCUT2D eigenvalue weighted by molar-refractivity contribution is 5.33. The van der Waals surface area contributed by atoms with E-state index in [0.717, 1.165) is 18.6 Å². The van der Waals surface area contributed by atoms with Gasteiger partial charge in [-0.25, -0.2) is 0 Å². The molecular formula is C12H12F5N. The highest BCUT2D eigenvalue weighted by Gasteiger charge is 2.58. The molecule has 0 bridgehead atoms. The molecule has 0 aromatic heterocycles. The van der Waals surface area contributed by atoms with Crippen molar-refractivity contribution in [3.63, 3.8) is 0 Å². The molecule has 2 N–H and O–H groups in total. The fourth-order valence-electron chi connectivity index (χ4n) is 2.03. The molecule has 0 spiro atoms. The van der Waals surface area contributed by atoms with E-state index < -0.39 is 23.2 Å². The molecule has 1 aromatic rings. The third kappa shape index (κ3) is 1.98. The maximum atomic E-state index is 13.2. The molecule has 0 atom stereocenters. The van der Waals surface area contributed by atoms with Crippen molar-refractivity contribution < 1.29 is 22.0 Å². The molecule has 0 unspecified atom stereocenters. The summed E-state index contributed by atoms with van der Waals surface area (Å²) in [5, 5.41) is 0. The zero-order valence-electron chi connectivity index (χ0n) is 9.40. The zero-order chi connectivity index (χ0) is 13.6. The van der Waals surface area contributed by atoms with Crippen LogP contribution in [0.15, 0.2) is 24.3 Å². The molecule has 18 heavy (non-hydrogen) atoms. The van der Waals surface area contributed by atoms with Gasteiger partial charge in [0.1, 0.15) is 0 Å². The number of rotatable bonds is 2. The molecule has 0 saturated heterocycles. The second-order valence-electron chi connectivity index (χ2n) is 4.66. The second kappa shape index (κ2) is 3.91. The number of hydrogen-bond acceptors (Lipinski definition) is 1. The summed E-state index contributed by atoms with van der Waals surface area (Å²) in [5.41, 5.74) is 4.46. The van der Waals surface area contributed by atoms with E-state index in [1.54, 1.807) is 0 Å². The highest BCUT2D eigenvalue weighted by atomic mass is 19.4. The average molecular weight is 265 g/mol. The van der Waals surface area contributed by atoms with Gasteiger partial charge in [0.2, 0.25) is 0 Å². The molecule has 0 aliphatic heterocycles. The minimum absolute atomic E-state index is 0.343. The minimum atomic E-state index is -5.59. The summed E-state index contributed by atoms with van der Waals surface area (Å²) in [4.78, 5) is 0. The lowest BCUT2D eigenvalue weighted by Gasteiger charge is -2.39. The summed E-state index contributed by atoms with van der Waals surface area (Å²) in [7, 11) is 0. The summed E-state index contributed by atoms with van der Waals surface area (Å²) in [6.45, 7) is 0. The van der Waals surface area contributed by atoms with Gasteiger partial charge >= 0.3 is 12.1 Å². The van der Waals surface area contributed by atoms with Crippen LogP contribution >= 0.6 is 0 Å². The number of halogens is 5. The summed E-state index contributed by atoms with van der Waals surface area (Å²) in [5.74, 6) is -4.84. The summed E-state index contributed by atoms with van der Waals surface area (Å²) in [6.07, 6.45) is -3.52. The van der Waals surface area contributed by atoms with Crippen molar-refractivity contribution in [1.29, 1.82) is 0 Å². The number of benzene rings is 1. The van der Waals surface area contributed by atoms with E-state index >= 15 is 0 Å². The third-order valence-corrected chi connectivity index (χ3v) is 3.40. The quantitative estimate of drug-likeness (QED) is 0.811. The van der Waals surface area contributed by atoms with E-state index in [4.69, 9.17) is 5.73 Å². The van der Waals surface area contributed by atoms with Gasteiger partial charge < -0.3 is 5.73 Å². The van der Waals surface area contributed by atoms with Gasteiger partial charge in [-0.15, -0.1) is 0 Å². The maximum Gasteiger partial charge on any atom is 0.458 e. The van der Waals surface area contributed by atoms with Crippen LogP contribution in [-0.4, -0.2) is 6.18 Å². The minimum Gasteiger partial charge on any atom is -0.321 e. The molecule has 2 rings (SSSR count). The van der Waals surface area contributed by atoms with Crippen molar-refractivity contribution in [2.24, 2.45) is 5.73 Å². The van der Waals surface area contributed by atoms with Crippen molar-refractivity contribution in [3.8, 4) is 0 Å². The summed E-state index contributed by atoms with van der Waals surface area (Å²) < 4.78 is 63.2. The second-order valence-corrected chi connectivity index (χ2v) is 4.66. The standard InChI is InChI=1S/C12H12F5N/c13-11(14,12(15,16)17)9-4-1-3-8(7-9)10(18)5-2-6-10/h1,3-4,7H,2,5-6,18H2. The Bertz CT molecular complexity index is 448. The van der Waals surface area contributed by atoms with Crippen LogP contribution in [0.1, 0.15) is 30.4 Å². The van der Waals surface area contributed by atoms with E-state index in [1.807, 2.05) is 0 Å². The first-order valence-corrected chi connectivity index (χ1v) is 5.51. The van der Waals surface area contributed by atoms with Gasteiger partial charge in [-0.2, -0.15) is 22.0 Å². The van der Waals surface area contributed by atoms with E-state index in [0.29, 0.717) is 18.4 Å². The molecule has 0 radical (unpaired) electrons. The molecule has 1 aliphatic carbocycles. The van der Waals surface area contributed by atoms with Crippen LogP contribution in [0.2, 0.25) is 0 Å². The fraction of sp³-hybridized carbons (Fsp3) is 0.500. The van der Waals surface area contributed by atoms with Crippen molar-refractivity contribution in [1.82, 2.24) is 0 Å². The molecule has 1 nitrogen and oxygen atoms in total. The summed E-state index contributed by atoms with van der Waals surface area (Å²) >= 11 is 0. The molecule has 1 aromatic carbocycles. The van der Waals surface area contributed by atoms with Crippen LogP contribution in [0.5, 0.6) is 0 Å². The lowest BCUT2D eigenvalue weighted by Crippen LogP contribution is -2.43. The molecule has 1 saturated carbocycles. The Kier molecular flexibility index (Phi) is 2.88. The van der Waals surface area contributed by atoms with Gasteiger partial charge in [-0.1, -0.05) is 18.2 Å². The zero-order valence-corrected chi connectivity index (χ0v) is 9.40. The Labute approximate surface area is 101 Å². The van der Waals surface area contributed by atoms with Crippen LogP contribution in [0.3, 0.4) is 0 Å². The Morgan fingerprint density at radius 2 is 1.67 bits per heavy atom. The highest BCUT2D eigenvalue weighted by Crippen LogP contribution is 2.46.